The molecule has 7 heteroatoms. The van der Waals surface area contributed by atoms with Gasteiger partial charge in [0.25, 0.3) is 0 Å². The Balaban J connectivity index is 0.00000272. The Morgan fingerprint density at radius 2 is 1.68 bits per heavy atom. The molecule has 0 saturated heterocycles. The second-order valence-electron chi connectivity index (χ2n) is 8.32. The van der Waals surface area contributed by atoms with Crippen molar-refractivity contribution in [3.63, 3.8) is 0 Å². The SMILES string of the molecule is Cl.NC1CCC(C(=O)N2Cc3ccc(CNC(=O)OCc4ccccc4)cc3C2)CC1. The molecular formula is C24H30ClN3O3. The average molecular weight is 444 g/mol. The smallest absolute Gasteiger partial charge is 0.407 e. The molecular weight excluding hydrogens is 414 g/mol. The van der Waals surface area contributed by atoms with Gasteiger partial charge >= 0.3 is 6.09 Å². The van der Waals surface area contributed by atoms with Gasteiger partial charge in [-0.15, -0.1) is 12.4 Å². The minimum Gasteiger partial charge on any atom is -0.445 e. The van der Waals surface area contributed by atoms with Gasteiger partial charge in [-0.2, -0.15) is 0 Å². The standard InChI is InChI=1S/C24H29N3O3.ClH/c25-22-10-8-19(9-11-22)23(28)27-14-20-7-6-18(12-21(20)15-27)13-26-24(29)30-16-17-4-2-1-3-5-17;/h1-7,12,19,22H,8-11,13-16,25H2,(H,26,29);1H. The summed E-state index contributed by atoms with van der Waals surface area (Å²) in [6.07, 6.45) is 3.23. The number of hydrogen-bond acceptors (Lipinski definition) is 4. The Hall–Kier alpha value is -2.57. The van der Waals surface area contributed by atoms with Crippen molar-refractivity contribution < 1.29 is 14.3 Å². The van der Waals surface area contributed by atoms with Crippen LogP contribution in [0.4, 0.5) is 4.79 Å². The predicted octanol–water partition coefficient (Wildman–Crippen LogP) is 3.89. The fraction of sp³-hybridized carbons (Fsp3) is 0.417. The molecule has 0 aromatic heterocycles. The topological polar surface area (TPSA) is 84.7 Å². The third-order valence-corrected chi connectivity index (χ3v) is 6.08. The third kappa shape index (κ3) is 5.99. The fourth-order valence-electron chi connectivity index (χ4n) is 4.29. The zero-order valence-electron chi connectivity index (χ0n) is 17.6. The lowest BCUT2D eigenvalue weighted by atomic mass is 9.85. The normalized spacial score (nSPS) is 19.8. The molecule has 166 valence electrons. The maximum Gasteiger partial charge on any atom is 0.407 e. The minimum atomic E-state index is -0.438. The van der Waals surface area contributed by atoms with Crippen LogP contribution in [-0.4, -0.2) is 22.9 Å². The molecule has 31 heavy (non-hydrogen) atoms. The van der Waals surface area contributed by atoms with Gasteiger partial charge in [0.1, 0.15) is 6.61 Å². The molecule has 3 N–H and O–H groups in total. The number of carbonyl (C=O) groups excluding carboxylic acids is 2. The first kappa shape index (κ1) is 23.1. The third-order valence-electron chi connectivity index (χ3n) is 6.08. The minimum absolute atomic E-state index is 0. The average Bonchev–Trinajstić information content (AvgIpc) is 3.20. The lowest BCUT2D eigenvalue weighted by Gasteiger charge is -2.28. The van der Waals surface area contributed by atoms with Crippen LogP contribution in [0, 0.1) is 5.92 Å². The highest BCUT2D eigenvalue weighted by Crippen LogP contribution is 2.30. The molecule has 1 fully saturated rings. The Morgan fingerprint density at radius 1 is 0.968 bits per heavy atom. The van der Waals surface area contributed by atoms with E-state index in [1.807, 2.05) is 41.3 Å². The summed E-state index contributed by atoms with van der Waals surface area (Å²) in [5.74, 6) is 0.363. The number of alkyl carbamates (subject to hydrolysis) is 1. The summed E-state index contributed by atoms with van der Waals surface area (Å²) in [6.45, 7) is 1.96. The molecule has 2 amide bonds. The molecule has 0 unspecified atom stereocenters. The summed E-state index contributed by atoms with van der Waals surface area (Å²) >= 11 is 0. The molecule has 1 saturated carbocycles. The van der Waals surface area contributed by atoms with Crippen LogP contribution in [0.3, 0.4) is 0 Å². The van der Waals surface area contributed by atoms with Gasteiger partial charge in [-0.1, -0.05) is 48.5 Å². The summed E-state index contributed by atoms with van der Waals surface area (Å²) in [5, 5.41) is 2.80. The monoisotopic (exact) mass is 443 g/mol. The molecule has 4 rings (SSSR count). The highest BCUT2D eigenvalue weighted by atomic mass is 35.5. The van der Waals surface area contributed by atoms with Crippen LogP contribution >= 0.6 is 12.4 Å². The maximum atomic E-state index is 12.9. The Bertz CT molecular complexity index is 898. The Labute approximate surface area is 189 Å². The van der Waals surface area contributed by atoms with Gasteiger partial charge in [-0.05, 0) is 47.9 Å². The summed E-state index contributed by atoms with van der Waals surface area (Å²) < 4.78 is 5.25. The zero-order chi connectivity index (χ0) is 20.9. The lowest BCUT2D eigenvalue weighted by molar-refractivity contribution is -0.137. The molecule has 2 aromatic rings. The van der Waals surface area contributed by atoms with Crippen molar-refractivity contribution in [2.75, 3.05) is 0 Å². The molecule has 1 aliphatic carbocycles. The van der Waals surface area contributed by atoms with E-state index in [9.17, 15) is 9.59 Å². The molecule has 6 nitrogen and oxygen atoms in total. The second kappa shape index (κ2) is 10.6. The summed E-state index contributed by atoms with van der Waals surface area (Å²) in [6, 6.07) is 16.0. The Kier molecular flexibility index (Phi) is 7.93. The van der Waals surface area contributed by atoms with Crippen LogP contribution in [0.15, 0.2) is 48.5 Å². The van der Waals surface area contributed by atoms with Crippen molar-refractivity contribution in [2.24, 2.45) is 11.7 Å². The van der Waals surface area contributed by atoms with Gasteiger partial charge in [-0.25, -0.2) is 4.79 Å². The van der Waals surface area contributed by atoms with Crippen LogP contribution in [-0.2, 0) is 35.8 Å². The number of amides is 2. The first-order chi connectivity index (χ1) is 14.6. The number of nitrogens with zero attached hydrogens (tertiary/aromatic N) is 1. The van der Waals surface area contributed by atoms with E-state index in [1.165, 1.54) is 5.56 Å². The van der Waals surface area contributed by atoms with Crippen molar-refractivity contribution in [3.05, 3.63) is 70.8 Å². The number of rotatable bonds is 5. The van der Waals surface area contributed by atoms with E-state index in [4.69, 9.17) is 10.5 Å². The molecule has 2 aliphatic rings. The molecule has 0 atom stereocenters. The van der Waals surface area contributed by atoms with Gasteiger partial charge in [0, 0.05) is 31.6 Å². The number of hydrogen-bond donors (Lipinski definition) is 2. The molecule has 0 radical (unpaired) electrons. The van der Waals surface area contributed by atoms with Gasteiger partial charge in [-0.3, -0.25) is 4.79 Å². The predicted molar refractivity (Wildman–Crippen MR) is 121 cm³/mol. The van der Waals surface area contributed by atoms with E-state index in [-0.39, 0.29) is 36.9 Å². The van der Waals surface area contributed by atoms with Gasteiger partial charge in [0.15, 0.2) is 0 Å². The van der Waals surface area contributed by atoms with Crippen LogP contribution in [0.2, 0.25) is 0 Å². The van der Waals surface area contributed by atoms with E-state index in [0.717, 1.165) is 42.4 Å². The molecule has 0 spiro atoms. The van der Waals surface area contributed by atoms with Crippen LogP contribution < -0.4 is 11.1 Å². The molecule has 2 aromatic carbocycles. The Morgan fingerprint density at radius 3 is 2.42 bits per heavy atom. The maximum absolute atomic E-state index is 12.9. The molecule has 1 aliphatic heterocycles. The van der Waals surface area contributed by atoms with E-state index in [1.54, 1.807) is 0 Å². The first-order valence-electron chi connectivity index (χ1n) is 10.7. The van der Waals surface area contributed by atoms with Crippen molar-refractivity contribution in [1.29, 1.82) is 0 Å². The largest absolute Gasteiger partial charge is 0.445 e. The number of halogens is 1. The zero-order valence-corrected chi connectivity index (χ0v) is 18.4. The number of benzene rings is 2. The van der Waals surface area contributed by atoms with Crippen LogP contribution in [0.25, 0.3) is 0 Å². The van der Waals surface area contributed by atoms with E-state index >= 15 is 0 Å². The highest BCUT2D eigenvalue weighted by Gasteiger charge is 2.31. The number of carbonyl (C=O) groups is 2. The van der Waals surface area contributed by atoms with Gasteiger partial charge in [0.2, 0.25) is 5.91 Å². The second-order valence-corrected chi connectivity index (χ2v) is 8.32. The number of nitrogens with two attached hydrogens (primary N) is 1. The van der Waals surface area contributed by atoms with Gasteiger partial charge < -0.3 is 20.7 Å². The summed E-state index contributed by atoms with van der Waals surface area (Å²) in [5.41, 5.74) is 10.3. The van der Waals surface area contributed by atoms with E-state index in [0.29, 0.717) is 19.6 Å². The summed E-state index contributed by atoms with van der Waals surface area (Å²) in [4.78, 5) is 26.8. The van der Waals surface area contributed by atoms with Crippen molar-refractivity contribution in [3.8, 4) is 0 Å². The quantitative estimate of drug-likeness (QED) is 0.734. The molecule has 1 heterocycles. The van der Waals surface area contributed by atoms with Crippen molar-refractivity contribution in [2.45, 2.75) is 58.0 Å². The molecule has 0 bridgehead atoms. The summed E-state index contributed by atoms with van der Waals surface area (Å²) in [7, 11) is 0. The van der Waals surface area contributed by atoms with Crippen LogP contribution in [0.5, 0.6) is 0 Å². The first-order valence-corrected chi connectivity index (χ1v) is 10.7. The van der Waals surface area contributed by atoms with Crippen LogP contribution in [0.1, 0.15) is 47.9 Å². The van der Waals surface area contributed by atoms with Crippen molar-refractivity contribution in [1.82, 2.24) is 10.2 Å². The fourth-order valence-corrected chi connectivity index (χ4v) is 4.29. The van der Waals surface area contributed by atoms with E-state index < -0.39 is 6.09 Å². The lowest BCUT2D eigenvalue weighted by Crippen LogP contribution is -2.36. The number of ether oxygens (including phenoxy) is 1. The number of fused-ring (bicyclic) bond motifs is 1. The van der Waals surface area contributed by atoms with Gasteiger partial charge in [0.05, 0.1) is 0 Å². The van der Waals surface area contributed by atoms with Crippen molar-refractivity contribution >= 4 is 24.4 Å². The number of nitrogens with one attached hydrogen (secondary N) is 1. The highest BCUT2D eigenvalue weighted by molar-refractivity contribution is 5.85. The van der Waals surface area contributed by atoms with E-state index in [2.05, 4.69) is 17.4 Å².